The Morgan fingerprint density at radius 2 is 1.94 bits per heavy atom. The predicted octanol–water partition coefficient (Wildman–Crippen LogP) is 2.74. The Morgan fingerprint density at radius 1 is 1.28 bits per heavy atom. The molecule has 1 aliphatic heterocycles. The summed E-state index contributed by atoms with van der Waals surface area (Å²) in [6.45, 7) is 8.28. The number of carbonyl (C=O) groups is 1. The number of esters is 1. The maximum Gasteiger partial charge on any atom is 0.313 e. The molecule has 2 rings (SSSR count). The minimum atomic E-state index is -0.275. The summed E-state index contributed by atoms with van der Waals surface area (Å²) in [7, 11) is 0. The van der Waals surface area contributed by atoms with Crippen LogP contribution >= 0.6 is 0 Å². The monoisotopic (exact) mass is 253 g/mol. The van der Waals surface area contributed by atoms with Crippen molar-refractivity contribution < 1.29 is 9.53 Å². The molecule has 3 nitrogen and oxygen atoms in total. The van der Waals surface area contributed by atoms with Gasteiger partial charge in [-0.25, -0.2) is 0 Å². The van der Waals surface area contributed by atoms with Gasteiger partial charge in [-0.05, 0) is 50.5 Å². The van der Waals surface area contributed by atoms with Crippen LogP contribution in [0, 0.1) is 17.3 Å². The van der Waals surface area contributed by atoms with Gasteiger partial charge in [-0.2, -0.15) is 0 Å². The lowest BCUT2D eigenvalue weighted by Crippen LogP contribution is -2.42. The first-order chi connectivity index (χ1) is 8.54. The highest BCUT2D eigenvalue weighted by Crippen LogP contribution is 2.37. The van der Waals surface area contributed by atoms with E-state index < -0.39 is 0 Å². The van der Waals surface area contributed by atoms with Gasteiger partial charge in [0.25, 0.3) is 0 Å². The van der Waals surface area contributed by atoms with Crippen molar-refractivity contribution in [2.75, 3.05) is 13.1 Å². The highest BCUT2D eigenvalue weighted by molar-refractivity contribution is 5.78. The lowest BCUT2D eigenvalue weighted by Gasteiger charge is -2.34. The molecule has 1 atom stereocenters. The van der Waals surface area contributed by atoms with Gasteiger partial charge in [-0.3, -0.25) is 4.79 Å². The summed E-state index contributed by atoms with van der Waals surface area (Å²) in [5.74, 6) is 1.19. The van der Waals surface area contributed by atoms with E-state index in [1.807, 2.05) is 0 Å². The van der Waals surface area contributed by atoms with Gasteiger partial charge in [0.1, 0.15) is 6.10 Å². The average molecular weight is 253 g/mol. The molecule has 1 heterocycles. The van der Waals surface area contributed by atoms with Gasteiger partial charge >= 0.3 is 5.97 Å². The van der Waals surface area contributed by atoms with E-state index in [4.69, 9.17) is 4.74 Å². The number of hydrogen-bond acceptors (Lipinski definition) is 3. The zero-order valence-corrected chi connectivity index (χ0v) is 12.0. The summed E-state index contributed by atoms with van der Waals surface area (Å²) < 4.78 is 5.81. The third-order valence-electron chi connectivity index (χ3n) is 4.94. The molecule has 0 amide bonds. The molecule has 2 aliphatic rings. The van der Waals surface area contributed by atoms with E-state index in [1.54, 1.807) is 0 Å². The molecule has 1 N–H and O–H groups in total. The van der Waals surface area contributed by atoms with Gasteiger partial charge in [-0.15, -0.1) is 0 Å². The topological polar surface area (TPSA) is 38.3 Å². The van der Waals surface area contributed by atoms with Crippen molar-refractivity contribution in [1.29, 1.82) is 0 Å². The Labute approximate surface area is 111 Å². The molecule has 1 saturated carbocycles. The fourth-order valence-electron chi connectivity index (χ4n) is 3.23. The third-order valence-corrected chi connectivity index (χ3v) is 4.94. The van der Waals surface area contributed by atoms with E-state index in [1.165, 1.54) is 12.8 Å². The second-order valence-corrected chi connectivity index (χ2v) is 6.52. The highest BCUT2D eigenvalue weighted by Gasteiger charge is 2.46. The van der Waals surface area contributed by atoms with Gasteiger partial charge in [-0.1, -0.05) is 20.8 Å². The zero-order valence-electron chi connectivity index (χ0n) is 12.0. The molecular formula is C15H27NO2. The summed E-state index contributed by atoms with van der Waals surface area (Å²) >= 11 is 0. The molecule has 0 radical (unpaired) electrons. The normalized spacial score (nSPS) is 36.9. The molecule has 2 fully saturated rings. The zero-order chi connectivity index (χ0) is 13.2. The van der Waals surface area contributed by atoms with Crippen LogP contribution in [0.2, 0.25) is 0 Å². The predicted molar refractivity (Wildman–Crippen MR) is 72.3 cm³/mol. The Morgan fingerprint density at radius 3 is 2.44 bits per heavy atom. The summed E-state index contributed by atoms with van der Waals surface area (Å²) in [5, 5.41) is 3.32. The molecule has 1 saturated heterocycles. The molecule has 0 aromatic rings. The molecule has 104 valence electrons. The Balaban J connectivity index is 1.94. The maximum absolute atomic E-state index is 12.5. The van der Waals surface area contributed by atoms with Gasteiger partial charge in [0.05, 0.1) is 5.41 Å². The average Bonchev–Trinajstić information content (AvgIpc) is 2.82. The van der Waals surface area contributed by atoms with Crippen molar-refractivity contribution in [1.82, 2.24) is 5.32 Å². The Kier molecular flexibility index (Phi) is 4.31. The standard InChI is InChI=1S/C15H27NO2/c1-11(2)15(8-9-16-10-15)14(17)18-13-6-4-12(3)5-7-13/h11-13,16H,4-10H2,1-3H3. The van der Waals surface area contributed by atoms with E-state index in [0.717, 1.165) is 38.3 Å². The Bertz CT molecular complexity index is 287. The molecule has 1 aliphatic carbocycles. The second-order valence-electron chi connectivity index (χ2n) is 6.52. The second kappa shape index (κ2) is 5.60. The number of carbonyl (C=O) groups excluding carboxylic acids is 1. The van der Waals surface area contributed by atoms with Crippen molar-refractivity contribution in [3.05, 3.63) is 0 Å². The number of nitrogens with one attached hydrogen (secondary N) is 1. The largest absolute Gasteiger partial charge is 0.462 e. The third kappa shape index (κ3) is 2.71. The van der Waals surface area contributed by atoms with Crippen LogP contribution in [-0.2, 0) is 9.53 Å². The van der Waals surface area contributed by atoms with E-state index in [2.05, 4.69) is 26.1 Å². The van der Waals surface area contributed by atoms with Gasteiger partial charge < -0.3 is 10.1 Å². The van der Waals surface area contributed by atoms with Crippen LogP contribution < -0.4 is 5.32 Å². The Hall–Kier alpha value is -0.570. The highest BCUT2D eigenvalue weighted by atomic mass is 16.5. The fraction of sp³-hybridized carbons (Fsp3) is 0.933. The molecule has 0 spiro atoms. The first kappa shape index (κ1) is 13.9. The molecule has 0 aromatic heterocycles. The van der Waals surface area contributed by atoms with Crippen LogP contribution in [-0.4, -0.2) is 25.2 Å². The van der Waals surface area contributed by atoms with Gasteiger partial charge in [0.15, 0.2) is 0 Å². The quantitative estimate of drug-likeness (QED) is 0.786. The van der Waals surface area contributed by atoms with Crippen LogP contribution in [0.15, 0.2) is 0 Å². The van der Waals surface area contributed by atoms with Crippen molar-refractivity contribution in [3.63, 3.8) is 0 Å². The number of hydrogen-bond donors (Lipinski definition) is 1. The van der Waals surface area contributed by atoms with Crippen LogP contribution in [0.25, 0.3) is 0 Å². The van der Waals surface area contributed by atoms with Crippen molar-refractivity contribution in [3.8, 4) is 0 Å². The molecule has 18 heavy (non-hydrogen) atoms. The van der Waals surface area contributed by atoms with Crippen LogP contribution in [0.4, 0.5) is 0 Å². The van der Waals surface area contributed by atoms with E-state index >= 15 is 0 Å². The molecular weight excluding hydrogens is 226 g/mol. The van der Waals surface area contributed by atoms with Gasteiger partial charge in [0.2, 0.25) is 0 Å². The first-order valence-corrected chi connectivity index (χ1v) is 7.46. The molecule has 3 heteroatoms. The van der Waals surface area contributed by atoms with Crippen molar-refractivity contribution in [2.45, 2.75) is 59.0 Å². The van der Waals surface area contributed by atoms with E-state index in [0.29, 0.717) is 5.92 Å². The minimum absolute atomic E-state index is 0.0436. The van der Waals surface area contributed by atoms with Crippen LogP contribution in [0.3, 0.4) is 0 Å². The SMILES string of the molecule is CC1CCC(OC(=O)C2(C(C)C)CCNC2)CC1. The molecule has 1 unspecified atom stereocenters. The minimum Gasteiger partial charge on any atom is -0.462 e. The van der Waals surface area contributed by atoms with E-state index in [-0.39, 0.29) is 17.5 Å². The maximum atomic E-state index is 12.5. The van der Waals surface area contributed by atoms with Crippen molar-refractivity contribution in [2.24, 2.45) is 17.3 Å². The fourth-order valence-corrected chi connectivity index (χ4v) is 3.23. The smallest absolute Gasteiger partial charge is 0.313 e. The first-order valence-electron chi connectivity index (χ1n) is 7.46. The summed E-state index contributed by atoms with van der Waals surface area (Å²) in [5.41, 5.74) is -0.275. The van der Waals surface area contributed by atoms with Gasteiger partial charge in [0, 0.05) is 6.54 Å². The number of rotatable bonds is 3. The van der Waals surface area contributed by atoms with Crippen LogP contribution in [0.1, 0.15) is 52.9 Å². The lowest BCUT2D eigenvalue weighted by atomic mass is 9.76. The van der Waals surface area contributed by atoms with Crippen LogP contribution in [0.5, 0.6) is 0 Å². The number of ether oxygens (including phenoxy) is 1. The summed E-state index contributed by atoms with van der Waals surface area (Å²) in [6.07, 6.45) is 5.59. The lowest BCUT2D eigenvalue weighted by molar-refractivity contribution is -0.165. The summed E-state index contributed by atoms with van der Waals surface area (Å²) in [6, 6.07) is 0. The molecule has 0 bridgehead atoms. The summed E-state index contributed by atoms with van der Waals surface area (Å²) in [4.78, 5) is 12.5. The molecule has 0 aromatic carbocycles. The van der Waals surface area contributed by atoms with E-state index in [9.17, 15) is 4.79 Å². The van der Waals surface area contributed by atoms with Crippen molar-refractivity contribution >= 4 is 5.97 Å².